The van der Waals surface area contributed by atoms with Gasteiger partial charge in [-0.2, -0.15) is 0 Å². The highest BCUT2D eigenvalue weighted by molar-refractivity contribution is 8.00. The third-order valence-corrected chi connectivity index (χ3v) is 4.60. The van der Waals surface area contributed by atoms with Crippen molar-refractivity contribution in [3.8, 4) is 0 Å². The van der Waals surface area contributed by atoms with Gasteiger partial charge in [-0.05, 0) is 24.7 Å². The second kappa shape index (κ2) is 7.47. The minimum atomic E-state index is -0.826. The van der Waals surface area contributed by atoms with Gasteiger partial charge in [0.25, 0.3) is 0 Å². The van der Waals surface area contributed by atoms with E-state index in [-0.39, 0.29) is 0 Å². The molecule has 1 aromatic carbocycles. The molecule has 0 bridgehead atoms. The van der Waals surface area contributed by atoms with Crippen molar-refractivity contribution in [2.24, 2.45) is 0 Å². The van der Waals surface area contributed by atoms with Crippen LogP contribution >= 0.6 is 11.8 Å². The lowest BCUT2D eigenvalue weighted by atomic mass is 10.0. The zero-order chi connectivity index (χ0) is 13.4. The number of benzene rings is 1. The molecule has 1 atom stereocenters. The minimum Gasteiger partial charge on any atom is -0.480 e. The van der Waals surface area contributed by atoms with Crippen LogP contribution in [-0.2, 0) is 9.54 Å². The lowest BCUT2D eigenvalue weighted by Gasteiger charge is -2.24. The Morgan fingerprint density at radius 3 is 2.44 bits per heavy atom. The maximum Gasteiger partial charge on any atom is 0.324 e. The van der Waals surface area contributed by atoms with E-state index in [1.54, 1.807) is 6.92 Å². The van der Waals surface area contributed by atoms with E-state index in [4.69, 9.17) is 0 Å². The van der Waals surface area contributed by atoms with E-state index in [9.17, 15) is 9.90 Å². The highest BCUT2D eigenvalue weighted by Crippen LogP contribution is 2.37. The molecule has 3 heteroatoms. The first-order valence-electron chi connectivity index (χ1n) is 6.54. The minimum absolute atomic E-state index is 0.755. The lowest BCUT2D eigenvalue weighted by Crippen LogP contribution is -2.29. The standard InChI is InChI=1S/C15H22O2S/c1-3-4-5-9-12-18-15(2,14(16)17)13-10-7-6-8-11-13/h6-8,10-11H,3-5,9,12H2,1-2H3,(H,16,17). The number of hydrogen-bond donors (Lipinski definition) is 1. The van der Waals surface area contributed by atoms with Crippen LogP contribution < -0.4 is 0 Å². The molecule has 0 aliphatic rings. The van der Waals surface area contributed by atoms with Gasteiger partial charge in [-0.25, -0.2) is 0 Å². The van der Waals surface area contributed by atoms with E-state index >= 15 is 0 Å². The highest BCUT2D eigenvalue weighted by Gasteiger charge is 2.35. The zero-order valence-electron chi connectivity index (χ0n) is 11.2. The van der Waals surface area contributed by atoms with Crippen molar-refractivity contribution in [1.82, 2.24) is 0 Å². The molecule has 0 saturated heterocycles. The monoisotopic (exact) mass is 266 g/mol. The summed E-state index contributed by atoms with van der Waals surface area (Å²) in [6.45, 7) is 3.98. The smallest absolute Gasteiger partial charge is 0.324 e. The van der Waals surface area contributed by atoms with E-state index in [1.165, 1.54) is 31.0 Å². The molecule has 2 nitrogen and oxygen atoms in total. The zero-order valence-corrected chi connectivity index (χ0v) is 12.0. The van der Waals surface area contributed by atoms with E-state index in [2.05, 4.69) is 6.92 Å². The summed E-state index contributed by atoms with van der Waals surface area (Å²) < 4.78 is -0.826. The van der Waals surface area contributed by atoms with Gasteiger partial charge < -0.3 is 5.11 Å². The molecule has 100 valence electrons. The average Bonchev–Trinajstić information content (AvgIpc) is 2.39. The molecule has 1 unspecified atom stereocenters. The number of hydrogen-bond acceptors (Lipinski definition) is 2. The van der Waals surface area contributed by atoms with Crippen LogP contribution in [0.5, 0.6) is 0 Å². The van der Waals surface area contributed by atoms with Crippen LogP contribution in [0.15, 0.2) is 30.3 Å². The van der Waals surface area contributed by atoms with E-state index < -0.39 is 10.7 Å². The van der Waals surface area contributed by atoms with Crippen molar-refractivity contribution in [1.29, 1.82) is 0 Å². The van der Waals surface area contributed by atoms with Crippen LogP contribution in [0, 0.1) is 0 Å². The van der Waals surface area contributed by atoms with Crippen molar-refractivity contribution in [2.45, 2.75) is 44.3 Å². The number of carboxylic acid groups (broad SMARTS) is 1. The molecule has 0 aliphatic carbocycles. The molecule has 0 aromatic heterocycles. The van der Waals surface area contributed by atoms with Crippen LogP contribution in [0.3, 0.4) is 0 Å². The molecule has 0 fully saturated rings. The predicted octanol–water partition coefficient (Wildman–Crippen LogP) is 4.30. The van der Waals surface area contributed by atoms with Gasteiger partial charge in [0.05, 0.1) is 0 Å². The summed E-state index contributed by atoms with van der Waals surface area (Å²) in [5.41, 5.74) is 0.873. The van der Waals surface area contributed by atoms with E-state index in [1.807, 2.05) is 30.3 Å². The van der Waals surface area contributed by atoms with Crippen LogP contribution in [0.1, 0.15) is 45.1 Å². The largest absolute Gasteiger partial charge is 0.480 e. The molecule has 0 spiro atoms. The highest BCUT2D eigenvalue weighted by atomic mass is 32.2. The third kappa shape index (κ3) is 4.05. The van der Waals surface area contributed by atoms with Crippen molar-refractivity contribution < 1.29 is 9.90 Å². The summed E-state index contributed by atoms with van der Waals surface area (Å²) in [6.07, 6.45) is 4.72. The Morgan fingerprint density at radius 2 is 1.89 bits per heavy atom. The van der Waals surface area contributed by atoms with E-state index in [0.717, 1.165) is 17.7 Å². The average molecular weight is 266 g/mol. The third-order valence-electron chi connectivity index (χ3n) is 3.12. The van der Waals surface area contributed by atoms with Crippen molar-refractivity contribution >= 4 is 17.7 Å². The Hall–Kier alpha value is -0.960. The normalized spacial score (nSPS) is 14.1. The number of carboxylic acids is 1. The van der Waals surface area contributed by atoms with Gasteiger partial charge in [0.15, 0.2) is 0 Å². The molecule has 0 saturated carbocycles. The second-order valence-electron chi connectivity index (χ2n) is 4.61. The van der Waals surface area contributed by atoms with Crippen LogP contribution in [0.25, 0.3) is 0 Å². The van der Waals surface area contributed by atoms with Gasteiger partial charge in [-0.15, -0.1) is 11.8 Å². The van der Waals surface area contributed by atoms with Crippen LogP contribution in [-0.4, -0.2) is 16.8 Å². The van der Waals surface area contributed by atoms with Gasteiger partial charge >= 0.3 is 5.97 Å². The van der Waals surface area contributed by atoms with Gasteiger partial charge in [0, 0.05) is 0 Å². The molecule has 0 heterocycles. The van der Waals surface area contributed by atoms with Crippen molar-refractivity contribution in [2.75, 3.05) is 5.75 Å². The molecule has 1 N–H and O–H groups in total. The number of carbonyl (C=O) groups is 1. The number of rotatable bonds is 8. The fraction of sp³-hybridized carbons (Fsp3) is 0.533. The van der Waals surface area contributed by atoms with Gasteiger partial charge in [-0.3, -0.25) is 4.79 Å². The van der Waals surface area contributed by atoms with Gasteiger partial charge in [-0.1, -0.05) is 56.5 Å². The molecule has 0 aliphatic heterocycles. The van der Waals surface area contributed by atoms with Gasteiger partial charge in [0.1, 0.15) is 4.75 Å². The molecule has 1 rings (SSSR count). The summed E-state index contributed by atoms with van der Waals surface area (Å²) >= 11 is 1.54. The number of thioether (sulfide) groups is 1. The maximum absolute atomic E-state index is 11.5. The number of unbranched alkanes of at least 4 members (excludes halogenated alkanes) is 3. The summed E-state index contributed by atoms with van der Waals surface area (Å²) in [5, 5.41) is 9.47. The first-order valence-corrected chi connectivity index (χ1v) is 7.52. The topological polar surface area (TPSA) is 37.3 Å². The molecular weight excluding hydrogens is 244 g/mol. The molecular formula is C15H22O2S. The number of aliphatic carboxylic acids is 1. The predicted molar refractivity (Wildman–Crippen MR) is 78.0 cm³/mol. The van der Waals surface area contributed by atoms with Crippen molar-refractivity contribution in [3.63, 3.8) is 0 Å². The Kier molecular flexibility index (Phi) is 6.27. The Morgan fingerprint density at radius 1 is 1.22 bits per heavy atom. The SMILES string of the molecule is CCCCCCSC(C)(C(=O)O)c1ccccc1. The Balaban J connectivity index is 2.62. The molecule has 18 heavy (non-hydrogen) atoms. The second-order valence-corrected chi connectivity index (χ2v) is 6.13. The Bertz CT molecular complexity index is 364. The van der Waals surface area contributed by atoms with Crippen LogP contribution in [0.4, 0.5) is 0 Å². The Labute approximate surface area is 114 Å². The summed E-state index contributed by atoms with van der Waals surface area (Å²) in [5.74, 6) is 0.145. The fourth-order valence-corrected chi connectivity index (χ4v) is 3.01. The lowest BCUT2D eigenvalue weighted by molar-refractivity contribution is -0.139. The molecule has 0 amide bonds. The first-order chi connectivity index (χ1) is 8.61. The fourth-order valence-electron chi connectivity index (χ4n) is 1.83. The molecule has 1 aromatic rings. The quantitative estimate of drug-likeness (QED) is 0.713. The summed E-state index contributed by atoms with van der Waals surface area (Å²) in [7, 11) is 0. The summed E-state index contributed by atoms with van der Waals surface area (Å²) in [4.78, 5) is 11.5. The molecule has 0 radical (unpaired) electrons. The van der Waals surface area contributed by atoms with Crippen LogP contribution in [0.2, 0.25) is 0 Å². The maximum atomic E-state index is 11.5. The summed E-state index contributed by atoms with van der Waals surface area (Å²) in [6, 6.07) is 9.50. The first kappa shape index (κ1) is 15.1. The van der Waals surface area contributed by atoms with Gasteiger partial charge in [0.2, 0.25) is 0 Å². The van der Waals surface area contributed by atoms with E-state index in [0.29, 0.717) is 0 Å². The van der Waals surface area contributed by atoms with Crippen molar-refractivity contribution in [3.05, 3.63) is 35.9 Å².